The topological polar surface area (TPSA) is 150 Å². The van der Waals surface area contributed by atoms with Crippen LogP contribution in [0.15, 0.2) is 48.2 Å². The van der Waals surface area contributed by atoms with Gasteiger partial charge < -0.3 is 30.4 Å². The van der Waals surface area contributed by atoms with Crippen LogP contribution in [0.4, 0.5) is 0 Å². The van der Waals surface area contributed by atoms with Gasteiger partial charge in [0.1, 0.15) is 17.1 Å². The average molecular weight is 475 g/mol. The van der Waals surface area contributed by atoms with Gasteiger partial charge in [-0.2, -0.15) is 0 Å². The summed E-state index contributed by atoms with van der Waals surface area (Å²) in [5, 5.41) is 18.0. The van der Waals surface area contributed by atoms with Gasteiger partial charge >= 0.3 is 0 Å². The van der Waals surface area contributed by atoms with Crippen LogP contribution in [0.3, 0.4) is 0 Å². The molecule has 35 heavy (non-hydrogen) atoms. The largest absolute Gasteiger partial charge is 0.493 e. The number of hydrogen-bond donors (Lipinski definition) is 5. The minimum atomic E-state index is -0.383. The number of H-pyrrole nitrogens is 1. The Labute approximate surface area is 201 Å². The van der Waals surface area contributed by atoms with Crippen molar-refractivity contribution in [1.82, 2.24) is 35.9 Å². The molecule has 1 atom stereocenters. The van der Waals surface area contributed by atoms with Gasteiger partial charge in [-0.15, -0.1) is 0 Å². The molecule has 3 heterocycles. The molecule has 1 fully saturated rings. The van der Waals surface area contributed by atoms with Crippen LogP contribution in [0.25, 0.3) is 16.6 Å². The molecule has 11 heteroatoms. The molecular weight excluding hydrogens is 448 g/mol. The molecule has 0 radical (unpaired) electrons. The molecule has 3 aromatic rings. The summed E-state index contributed by atoms with van der Waals surface area (Å²) >= 11 is 0. The number of methoxy groups -OCH3 is 2. The van der Waals surface area contributed by atoms with Gasteiger partial charge in [-0.3, -0.25) is 10.2 Å². The second-order valence-electron chi connectivity index (χ2n) is 8.30. The van der Waals surface area contributed by atoms with Crippen molar-refractivity contribution in [3.63, 3.8) is 0 Å². The first-order valence-corrected chi connectivity index (χ1v) is 11.2. The predicted octanol–water partition coefficient (Wildman–Crippen LogP) is 2.03. The second-order valence-corrected chi connectivity index (χ2v) is 8.30. The van der Waals surface area contributed by atoms with Crippen LogP contribution >= 0.6 is 0 Å². The van der Waals surface area contributed by atoms with Crippen molar-refractivity contribution in [1.29, 1.82) is 5.41 Å². The lowest BCUT2D eigenvalue weighted by molar-refractivity contribution is -0.115. The van der Waals surface area contributed by atoms with Crippen molar-refractivity contribution in [2.24, 2.45) is 5.92 Å². The van der Waals surface area contributed by atoms with E-state index in [4.69, 9.17) is 14.9 Å². The van der Waals surface area contributed by atoms with E-state index in [1.54, 1.807) is 58.1 Å². The fourth-order valence-electron chi connectivity index (χ4n) is 4.15. The Bertz CT molecular complexity index is 1320. The van der Waals surface area contributed by atoms with Crippen LogP contribution in [0.2, 0.25) is 0 Å². The third-order valence-electron chi connectivity index (χ3n) is 6.01. The summed E-state index contributed by atoms with van der Waals surface area (Å²) < 4.78 is 10.8. The smallest absolute Gasteiger partial charge is 0.261 e. The molecule has 0 unspecified atom stereocenters. The Morgan fingerprint density at radius 2 is 1.89 bits per heavy atom. The second kappa shape index (κ2) is 9.09. The predicted molar refractivity (Wildman–Crippen MR) is 130 cm³/mol. The van der Waals surface area contributed by atoms with E-state index in [0.717, 1.165) is 12.8 Å². The number of fused-ring (bicyclic) bond motifs is 1. The van der Waals surface area contributed by atoms with Crippen LogP contribution in [0, 0.1) is 11.3 Å². The van der Waals surface area contributed by atoms with Crippen molar-refractivity contribution >= 4 is 28.2 Å². The van der Waals surface area contributed by atoms with E-state index in [2.05, 4.69) is 35.9 Å². The van der Waals surface area contributed by atoms with E-state index in [9.17, 15) is 4.79 Å². The zero-order valence-electron chi connectivity index (χ0n) is 19.6. The molecule has 2 aromatic heterocycles. The fourth-order valence-corrected chi connectivity index (χ4v) is 4.15. The maximum atomic E-state index is 13.3. The van der Waals surface area contributed by atoms with E-state index in [1.165, 1.54) is 0 Å². The van der Waals surface area contributed by atoms with Crippen molar-refractivity contribution < 1.29 is 14.3 Å². The first-order valence-electron chi connectivity index (χ1n) is 11.2. The molecule has 0 spiro atoms. The Kier molecular flexibility index (Phi) is 5.81. The molecule has 1 aliphatic heterocycles. The van der Waals surface area contributed by atoms with Crippen LogP contribution in [0.1, 0.15) is 30.5 Å². The molecular formula is C24H26N8O3. The number of amides is 1. The summed E-state index contributed by atoms with van der Waals surface area (Å²) in [5.41, 5.74) is 2.35. The highest BCUT2D eigenvalue weighted by atomic mass is 16.5. The first kappa shape index (κ1) is 22.4. The van der Waals surface area contributed by atoms with E-state index in [0.29, 0.717) is 51.5 Å². The number of carbonyl (C=O) groups excluding carboxylic acids is 1. The number of rotatable bonds is 8. The number of hydrogen-bond acceptors (Lipinski definition) is 9. The van der Waals surface area contributed by atoms with Crippen LogP contribution in [-0.4, -0.2) is 52.8 Å². The van der Waals surface area contributed by atoms with Crippen LogP contribution in [-0.2, 0) is 4.79 Å². The Morgan fingerprint density at radius 1 is 1.17 bits per heavy atom. The number of imidazole rings is 1. The summed E-state index contributed by atoms with van der Waals surface area (Å²) in [6, 6.07) is 5.03. The highest BCUT2D eigenvalue weighted by Gasteiger charge is 2.38. The molecule has 1 amide bonds. The summed E-state index contributed by atoms with van der Waals surface area (Å²) in [5.74, 6) is 1.94. The maximum Gasteiger partial charge on any atom is 0.261 e. The molecule has 5 N–H and O–H groups in total. The van der Waals surface area contributed by atoms with Gasteiger partial charge in [-0.05, 0) is 24.8 Å². The molecule has 11 nitrogen and oxygen atoms in total. The zero-order chi connectivity index (χ0) is 24.5. The highest BCUT2D eigenvalue weighted by Crippen LogP contribution is 2.41. The Morgan fingerprint density at radius 3 is 2.54 bits per heavy atom. The quantitative estimate of drug-likeness (QED) is 0.333. The van der Waals surface area contributed by atoms with Crippen molar-refractivity contribution in [2.75, 3.05) is 21.3 Å². The Hall–Kier alpha value is -4.41. The molecule has 1 aromatic carbocycles. The molecule has 180 valence electrons. The first-order chi connectivity index (χ1) is 17.0. The third-order valence-corrected chi connectivity index (χ3v) is 6.01. The van der Waals surface area contributed by atoms with E-state index in [1.807, 2.05) is 0 Å². The standard InChI is InChI=1S/C24H26N8O3/c1-26-11-15-19(25)21(32-20(12-5-6-12)23-27-7-4-8-28-23)18(24(33)31-15)22-29-13-9-16(34-2)17(35-3)10-14(13)30-22/h4,7-12,20,25-26,32H,5-6H2,1-3H3,(H,29,30)(H,31,33)/b15-11+,25-19?/t20-/m1/s1. The lowest BCUT2D eigenvalue weighted by Gasteiger charge is -2.27. The normalized spacial score (nSPS) is 18.0. The fraction of sp³-hybridized carbons (Fsp3) is 0.292. The minimum Gasteiger partial charge on any atom is -0.493 e. The van der Waals surface area contributed by atoms with Gasteiger partial charge in [0, 0.05) is 37.8 Å². The highest BCUT2D eigenvalue weighted by molar-refractivity contribution is 6.33. The monoisotopic (exact) mass is 474 g/mol. The number of nitrogens with zero attached hydrogens (tertiary/aromatic N) is 3. The van der Waals surface area contributed by atoms with Crippen LogP contribution in [0.5, 0.6) is 11.5 Å². The number of benzene rings is 1. The van der Waals surface area contributed by atoms with Gasteiger partial charge in [0.05, 0.1) is 42.7 Å². The van der Waals surface area contributed by atoms with E-state index < -0.39 is 0 Å². The Balaban J connectivity index is 1.65. The number of nitrogens with one attached hydrogen (secondary N) is 5. The molecule has 1 aliphatic carbocycles. The number of carbonyl (C=O) groups is 1. The molecule has 0 saturated heterocycles. The number of aromatic nitrogens is 4. The van der Waals surface area contributed by atoms with Gasteiger partial charge in [-0.25, -0.2) is 15.0 Å². The van der Waals surface area contributed by atoms with E-state index >= 15 is 0 Å². The lowest BCUT2D eigenvalue weighted by atomic mass is 9.99. The van der Waals surface area contributed by atoms with Gasteiger partial charge in [-0.1, -0.05) is 0 Å². The van der Waals surface area contributed by atoms with Crippen molar-refractivity contribution in [3.05, 3.63) is 59.8 Å². The SMILES string of the molecule is CN/C=C1/NC(=O)C(c2nc3cc(OC)c(OC)cc3[nH]2)=C(N[C@@H](c2ncccn2)C2CC2)C1=N. The summed E-state index contributed by atoms with van der Waals surface area (Å²) in [7, 11) is 4.82. The van der Waals surface area contributed by atoms with Crippen molar-refractivity contribution in [3.8, 4) is 11.5 Å². The minimum absolute atomic E-state index is 0.131. The summed E-state index contributed by atoms with van der Waals surface area (Å²) in [6.45, 7) is 0. The number of aromatic amines is 1. The summed E-state index contributed by atoms with van der Waals surface area (Å²) in [6.07, 6.45) is 7.00. The van der Waals surface area contributed by atoms with E-state index in [-0.39, 0.29) is 23.2 Å². The summed E-state index contributed by atoms with van der Waals surface area (Å²) in [4.78, 5) is 30.1. The maximum absolute atomic E-state index is 13.3. The molecule has 2 aliphatic rings. The molecule has 1 saturated carbocycles. The lowest BCUT2D eigenvalue weighted by Crippen LogP contribution is -2.41. The zero-order valence-corrected chi connectivity index (χ0v) is 19.6. The number of ether oxygens (including phenoxy) is 2. The molecule has 5 rings (SSSR count). The van der Waals surface area contributed by atoms with Gasteiger partial charge in [0.2, 0.25) is 0 Å². The van der Waals surface area contributed by atoms with Gasteiger partial charge in [0.15, 0.2) is 17.3 Å². The van der Waals surface area contributed by atoms with Crippen molar-refractivity contribution in [2.45, 2.75) is 18.9 Å². The molecule has 0 bridgehead atoms. The van der Waals surface area contributed by atoms with Crippen LogP contribution < -0.4 is 25.4 Å². The average Bonchev–Trinajstić information content (AvgIpc) is 3.63. The third kappa shape index (κ3) is 4.16. The van der Waals surface area contributed by atoms with Gasteiger partial charge in [0.25, 0.3) is 5.91 Å².